The van der Waals surface area contributed by atoms with Crippen LogP contribution in [0.25, 0.3) is 0 Å². The van der Waals surface area contributed by atoms with Gasteiger partial charge in [-0.15, -0.1) is 0 Å². The molecule has 2 aromatic carbocycles. The summed E-state index contributed by atoms with van der Waals surface area (Å²) in [6.45, 7) is -0.106. The lowest BCUT2D eigenvalue weighted by molar-refractivity contribution is -0.257. The maximum absolute atomic E-state index is 13.3. The summed E-state index contributed by atoms with van der Waals surface area (Å²) < 4.78 is 39.8. The number of carbonyl (C=O) groups excluding carboxylic acids is 1. The molecule has 0 aliphatic carbocycles. The minimum absolute atomic E-state index is 0.106. The maximum Gasteiger partial charge on any atom is 0.430 e. The van der Waals surface area contributed by atoms with Crippen LogP contribution in [-0.4, -0.2) is 17.2 Å². The number of benzene rings is 2. The largest absolute Gasteiger partial charge is 0.430 e. The quantitative estimate of drug-likeness (QED) is 0.912. The second-order valence-corrected chi connectivity index (χ2v) is 4.74. The van der Waals surface area contributed by atoms with Crippen LogP contribution in [0, 0.1) is 0 Å². The third-order valence-corrected chi connectivity index (χ3v) is 3.23. The molecule has 116 valence electrons. The first-order valence-electron chi connectivity index (χ1n) is 6.52. The average molecular weight is 309 g/mol. The summed E-state index contributed by atoms with van der Waals surface area (Å²) in [5, 5.41) is 12.2. The zero-order valence-electron chi connectivity index (χ0n) is 11.5. The fourth-order valence-electron chi connectivity index (χ4n) is 2.01. The van der Waals surface area contributed by atoms with E-state index >= 15 is 0 Å². The number of aliphatic hydroxyl groups is 1. The van der Waals surface area contributed by atoms with Gasteiger partial charge in [0.15, 0.2) is 0 Å². The summed E-state index contributed by atoms with van der Waals surface area (Å²) in [6.07, 6.45) is -5.13. The second-order valence-electron chi connectivity index (χ2n) is 4.74. The van der Waals surface area contributed by atoms with Crippen molar-refractivity contribution in [3.05, 3.63) is 71.8 Å². The molecule has 2 aromatic rings. The zero-order valence-corrected chi connectivity index (χ0v) is 11.5. The molecule has 1 atom stereocenters. The molecule has 0 unspecified atom stereocenters. The van der Waals surface area contributed by atoms with Gasteiger partial charge in [0.05, 0.1) is 0 Å². The lowest BCUT2D eigenvalue weighted by atomic mass is 9.92. The Morgan fingerprint density at radius 3 is 1.95 bits per heavy atom. The van der Waals surface area contributed by atoms with Gasteiger partial charge in [-0.25, -0.2) is 0 Å². The molecule has 22 heavy (non-hydrogen) atoms. The van der Waals surface area contributed by atoms with E-state index in [4.69, 9.17) is 0 Å². The Balaban J connectivity index is 2.25. The number of hydrogen-bond acceptors (Lipinski definition) is 2. The van der Waals surface area contributed by atoms with E-state index in [0.717, 1.165) is 12.1 Å². The topological polar surface area (TPSA) is 49.3 Å². The molecule has 0 saturated heterocycles. The highest BCUT2D eigenvalue weighted by Crippen LogP contribution is 2.39. The van der Waals surface area contributed by atoms with Crippen molar-refractivity contribution < 1.29 is 23.1 Å². The molecule has 0 aliphatic heterocycles. The molecule has 0 heterocycles. The average Bonchev–Trinajstić information content (AvgIpc) is 2.52. The van der Waals surface area contributed by atoms with Crippen LogP contribution in [-0.2, 0) is 16.9 Å². The van der Waals surface area contributed by atoms with Gasteiger partial charge in [-0.3, -0.25) is 4.79 Å². The van der Waals surface area contributed by atoms with Crippen molar-refractivity contribution in [1.82, 2.24) is 5.32 Å². The van der Waals surface area contributed by atoms with Crippen LogP contribution in [0.2, 0.25) is 0 Å². The van der Waals surface area contributed by atoms with Crippen LogP contribution in [0.3, 0.4) is 0 Å². The van der Waals surface area contributed by atoms with Gasteiger partial charge in [-0.05, 0) is 5.56 Å². The maximum atomic E-state index is 13.3. The van der Waals surface area contributed by atoms with Gasteiger partial charge in [0.25, 0.3) is 11.5 Å². The van der Waals surface area contributed by atoms with Crippen molar-refractivity contribution in [3.8, 4) is 0 Å². The van der Waals surface area contributed by atoms with Crippen LogP contribution in [0.1, 0.15) is 11.1 Å². The normalized spacial score (nSPS) is 14.2. The molecule has 2 N–H and O–H groups in total. The first-order chi connectivity index (χ1) is 10.4. The summed E-state index contributed by atoms with van der Waals surface area (Å²) >= 11 is 0. The molecule has 6 heteroatoms. The number of alkyl halides is 3. The fourth-order valence-corrected chi connectivity index (χ4v) is 2.01. The van der Waals surface area contributed by atoms with Gasteiger partial charge in [0.1, 0.15) is 0 Å². The van der Waals surface area contributed by atoms with E-state index in [1.165, 1.54) is 18.2 Å². The molecule has 0 saturated carbocycles. The Bertz CT molecular complexity index is 629. The number of carbonyl (C=O) groups is 1. The Kier molecular flexibility index (Phi) is 4.51. The number of nitrogens with one attached hydrogen (secondary N) is 1. The van der Waals surface area contributed by atoms with E-state index in [1.54, 1.807) is 30.3 Å². The molecule has 0 bridgehead atoms. The van der Waals surface area contributed by atoms with Gasteiger partial charge in [0.2, 0.25) is 0 Å². The van der Waals surface area contributed by atoms with Gasteiger partial charge in [-0.2, -0.15) is 13.2 Å². The Morgan fingerprint density at radius 1 is 0.955 bits per heavy atom. The Morgan fingerprint density at radius 2 is 1.45 bits per heavy atom. The first-order valence-corrected chi connectivity index (χ1v) is 6.52. The van der Waals surface area contributed by atoms with E-state index in [2.05, 4.69) is 5.32 Å². The Labute approximate surface area is 125 Å². The van der Waals surface area contributed by atoms with Crippen molar-refractivity contribution in [3.63, 3.8) is 0 Å². The van der Waals surface area contributed by atoms with Crippen LogP contribution in [0.4, 0.5) is 13.2 Å². The number of hydrogen-bond donors (Lipinski definition) is 2. The van der Waals surface area contributed by atoms with Crippen molar-refractivity contribution in [2.45, 2.75) is 18.3 Å². The molecule has 0 spiro atoms. The molecule has 2 rings (SSSR count). The molecular weight excluding hydrogens is 295 g/mol. The molecule has 0 radical (unpaired) electrons. The van der Waals surface area contributed by atoms with Crippen LogP contribution in [0.15, 0.2) is 60.7 Å². The van der Waals surface area contributed by atoms with E-state index in [1.807, 2.05) is 0 Å². The minimum Gasteiger partial charge on any atom is -0.369 e. The van der Waals surface area contributed by atoms with E-state index in [-0.39, 0.29) is 6.54 Å². The molecule has 0 aliphatic rings. The van der Waals surface area contributed by atoms with Crippen molar-refractivity contribution in [2.75, 3.05) is 0 Å². The third-order valence-electron chi connectivity index (χ3n) is 3.23. The standard InChI is InChI=1S/C16H14F3NO2/c17-16(18,19)15(22,13-9-5-2-6-10-13)14(21)20-11-12-7-3-1-4-8-12/h1-10,22H,11H2,(H,20,21)/t15-/m0/s1. The van der Waals surface area contributed by atoms with E-state index in [9.17, 15) is 23.1 Å². The first kappa shape index (κ1) is 16.0. The van der Waals surface area contributed by atoms with E-state index < -0.39 is 23.2 Å². The number of halogens is 3. The molecule has 3 nitrogen and oxygen atoms in total. The predicted molar refractivity (Wildman–Crippen MR) is 74.7 cm³/mol. The van der Waals surface area contributed by atoms with Crippen molar-refractivity contribution in [1.29, 1.82) is 0 Å². The highest BCUT2D eigenvalue weighted by atomic mass is 19.4. The monoisotopic (exact) mass is 309 g/mol. The summed E-state index contributed by atoms with van der Waals surface area (Å²) in [7, 11) is 0. The smallest absolute Gasteiger partial charge is 0.369 e. The van der Waals surface area contributed by atoms with Crippen molar-refractivity contribution in [2.24, 2.45) is 0 Å². The lowest BCUT2D eigenvalue weighted by Gasteiger charge is -2.29. The summed E-state index contributed by atoms with van der Waals surface area (Å²) in [6, 6.07) is 14.8. The second kappa shape index (κ2) is 6.19. The van der Waals surface area contributed by atoms with Gasteiger partial charge in [0, 0.05) is 12.1 Å². The zero-order chi connectivity index (χ0) is 16.2. The highest BCUT2D eigenvalue weighted by Gasteiger charge is 2.60. The molecule has 1 amide bonds. The van der Waals surface area contributed by atoms with Gasteiger partial charge >= 0.3 is 6.18 Å². The van der Waals surface area contributed by atoms with Crippen LogP contribution < -0.4 is 5.32 Å². The summed E-state index contributed by atoms with van der Waals surface area (Å²) in [4.78, 5) is 12.0. The molecule has 0 aromatic heterocycles. The SMILES string of the molecule is O=C(NCc1ccccc1)[C@@](O)(c1ccccc1)C(F)(F)F. The predicted octanol–water partition coefficient (Wildman–Crippen LogP) is 2.75. The third kappa shape index (κ3) is 3.12. The van der Waals surface area contributed by atoms with Crippen LogP contribution in [0.5, 0.6) is 0 Å². The number of amides is 1. The molecular formula is C16H14F3NO2. The molecule has 0 fully saturated rings. The van der Waals surface area contributed by atoms with E-state index in [0.29, 0.717) is 5.56 Å². The fraction of sp³-hybridized carbons (Fsp3) is 0.188. The summed E-state index contributed by atoms with van der Waals surface area (Å²) in [5.74, 6) is -1.50. The number of rotatable bonds is 4. The summed E-state index contributed by atoms with van der Waals surface area (Å²) in [5.41, 5.74) is -3.47. The lowest BCUT2D eigenvalue weighted by Crippen LogP contribution is -2.54. The highest BCUT2D eigenvalue weighted by molar-refractivity contribution is 5.87. The minimum atomic E-state index is -5.13. The van der Waals surface area contributed by atoms with Crippen LogP contribution >= 0.6 is 0 Å². The van der Waals surface area contributed by atoms with Gasteiger partial charge < -0.3 is 10.4 Å². The van der Waals surface area contributed by atoms with Crippen molar-refractivity contribution >= 4 is 5.91 Å². The Hall–Kier alpha value is -2.34. The van der Waals surface area contributed by atoms with Gasteiger partial charge in [-0.1, -0.05) is 60.7 Å².